The predicted molar refractivity (Wildman–Crippen MR) is 141 cm³/mol. The van der Waals surface area contributed by atoms with Crippen LogP contribution in [0.4, 0.5) is 5.69 Å². The minimum absolute atomic E-state index is 0.199. The highest BCUT2D eigenvalue weighted by Gasteiger charge is 2.20. The number of nitrogens with zero attached hydrogens (tertiary/aromatic N) is 2. The van der Waals surface area contributed by atoms with Gasteiger partial charge in [0, 0.05) is 22.4 Å². The van der Waals surface area contributed by atoms with Crippen molar-refractivity contribution in [3.05, 3.63) is 94.4 Å². The first-order valence-corrected chi connectivity index (χ1v) is 12.0. The Labute approximate surface area is 208 Å². The number of furan rings is 1. The van der Waals surface area contributed by atoms with E-state index in [-0.39, 0.29) is 24.8 Å². The van der Waals surface area contributed by atoms with Gasteiger partial charge in [0.2, 0.25) is 0 Å². The van der Waals surface area contributed by atoms with Crippen LogP contribution in [-0.4, -0.2) is 22.1 Å². The third-order valence-corrected chi connectivity index (χ3v) is 6.24. The van der Waals surface area contributed by atoms with Crippen LogP contribution in [0.1, 0.15) is 31.1 Å². The predicted octanol–water partition coefficient (Wildman–Crippen LogP) is 5.85. The second-order valence-corrected chi connectivity index (χ2v) is 8.68. The SMILES string of the molecule is CCOC(=O)Cn1c(-c2ccccc2)nc(C)c(N[C@H](C)c2ccc3oc4ccccc4c3c2)c1=O. The molecule has 1 N–H and O–H groups in total. The molecule has 7 heteroatoms. The van der Waals surface area contributed by atoms with E-state index in [2.05, 4.69) is 11.4 Å². The van der Waals surface area contributed by atoms with Crippen molar-refractivity contribution >= 4 is 33.6 Å². The molecule has 0 bridgehead atoms. The Morgan fingerprint density at radius 1 is 1.03 bits per heavy atom. The van der Waals surface area contributed by atoms with Crippen molar-refractivity contribution in [2.75, 3.05) is 11.9 Å². The number of carbonyl (C=O) groups excluding carboxylic acids is 1. The first-order chi connectivity index (χ1) is 17.5. The summed E-state index contributed by atoms with van der Waals surface area (Å²) < 4.78 is 12.4. The molecule has 182 valence electrons. The van der Waals surface area contributed by atoms with Crippen molar-refractivity contribution in [1.29, 1.82) is 0 Å². The lowest BCUT2D eigenvalue weighted by molar-refractivity contribution is -0.143. The van der Waals surface area contributed by atoms with Crippen molar-refractivity contribution < 1.29 is 13.9 Å². The van der Waals surface area contributed by atoms with Crippen LogP contribution in [0.15, 0.2) is 82.0 Å². The van der Waals surface area contributed by atoms with E-state index in [1.54, 1.807) is 13.8 Å². The van der Waals surface area contributed by atoms with Gasteiger partial charge in [-0.2, -0.15) is 0 Å². The maximum absolute atomic E-state index is 13.7. The quantitative estimate of drug-likeness (QED) is 0.293. The van der Waals surface area contributed by atoms with E-state index in [4.69, 9.17) is 14.1 Å². The molecule has 0 unspecified atom stereocenters. The van der Waals surface area contributed by atoms with E-state index in [0.717, 1.165) is 33.1 Å². The number of hydrogen-bond donors (Lipinski definition) is 1. The summed E-state index contributed by atoms with van der Waals surface area (Å²) in [6.07, 6.45) is 0. The first kappa shape index (κ1) is 23.4. The summed E-state index contributed by atoms with van der Waals surface area (Å²) in [4.78, 5) is 30.8. The summed E-state index contributed by atoms with van der Waals surface area (Å²) in [5.41, 5.74) is 3.98. The van der Waals surface area contributed by atoms with E-state index in [9.17, 15) is 9.59 Å². The van der Waals surface area contributed by atoms with Gasteiger partial charge in [-0.05, 0) is 44.5 Å². The fourth-order valence-corrected chi connectivity index (χ4v) is 4.43. The van der Waals surface area contributed by atoms with Gasteiger partial charge in [0.15, 0.2) is 0 Å². The number of esters is 1. The van der Waals surface area contributed by atoms with Crippen LogP contribution in [-0.2, 0) is 16.1 Å². The summed E-state index contributed by atoms with van der Waals surface area (Å²) >= 11 is 0. The summed E-state index contributed by atoms with van der Waals surface area (Å²) in [6, 6.07) is 23.1. The van der Waals surface area contributed by atoms with Gasteiger partial charge in [0.25, 0.3) is 5.56 Å². The number of hydrogen-bond acceptors (Lipinski definition) is 6. The second kappa shape index (κ2) is 9.70. The van der Waals surface area contributed by atoms with E-state index in [1.165, 1.54) is 4.57 Å². The molecule has 2 heterocycles. The van der Waals surface area contributed by atoms with Gasteiger partial charge in [-0.25, -0.2) is 4.98 Å². The number of benzene rings is 3. The van der Waals surface area contributed by atoms with Gasteiger partial charge in [0.05, 0.1) is 12.3 Å². The fourth-order valence-electron chi connectivity index (χ4n) is 4.43. The van der Waals surface area contributed by atoms with Gasteiger partial charge in [0.1, 0.15) is 29.2 Å². The Balaban J connectivity index is 1.54. The van der Waals surface area contributed by atoms with Crippen LogP contribution in [0.25, 0.3) is 33.3 Å². The smallest absolute Gasteiger partial charge is 0.326 e. The zero-order valence-electron chi connectivity index (χ0n) is 20.4. The number of anilines is 1. The average molecular weight is 482 g/mol. The molecule has 0 saturated heterocycles. The van der Waals surface area contributed by atoms with Gasteiger partial charge in [-0.1, -0.05) is 54.6 Å². The monoisotopic (exact) mass is 481 g/mol. The summed E-state index contributed by atoms with van der Waals surface area (Å²) in [6.45, 7) is 5.54. The molecule has 0 saturated carbocycles. The molecule has 0 aliphatic carbocycles. The molecule has 2 aromatic heterocycles. The number of carbonyl (C=O) groups is 1. The Bertz CT molecular complexity index is 1620. The number of rotatable bonds is 7. The van der Waals surface area contributed by atoms with Crippen LogP contribution in [0.3, 0.4) is 0 Å². The van der Waals surface area contributed by atoms with Crippen molar-refractivity contribution in [2.24, 2.45) is 0 Å². The topological polar surface area (TPSA) is 86.4 Å². The molecular formula is C29H27N3O4. The molecule has 0 spiro atoms. The third-order valence-electron chi connectivity index (χ3n) is 6.24. The van der Waals surface area contributed by atoms with Crippen LogP contribution in [0.2, 0.25) is 0 Å². The van der Waals surface area contributed by atoms with Gasteiger partial charge in [-0.3, -0.25) is 14.2 Å². The first-order valence-electron chi connectivity index (χ1n) is 12.0. The Hall–Kier alpha value is -4.39. The lowest BCUT2D eigenvalue weighted by Crippen LogP contribution is -2.31. The van der Waals surface area contributed by atoms with Crippen molar-refractivity contribution in [3.63, 3.8) is 0 Å². The summed E-state index contributed by atoms with van der Waals surface area (Å²) in [7, 11) is 0. The van der Waals surface area contributed by atoms with Crippen molar-refractivity contribution in [3.8, 4) is 11.4 Å². The molecule has 0 aliphatic heterocycles. The molecule has 0 fully saturated rings. The average Bonchev–Trinajstić information content (AvgIpc) is 3.26. The maximum Gasteiger partial charge on any atom is 0.326 e. The lowest BCUT2D eigenvalue weighted by atomic mass is 10.0. The van der Waals surface area contributed by atoms with E-state index in [1.807, 2.05) is 73.7 Å². The van der Waals surface area contributed by atoms with E-state index < -0.39 is 5.97 Å². The molecule has 0 radical (unpaired) electrons. The van der Waals surface area contributed by atoms with Gasteiger partial charge in [-0.15, -0.1) is 0 Å². The minimum Gasteiger partial charge on any atom is -0.465 e. The van der Waals surface area contributed by atoms with Gasteiger partial charge < -0.3 is 14.5 Å². The summed E-state index contributed by atoms with van der Waals surface area (Å²) in [5, 5.41) is 5.41. The Kier molecular flexibility index (Phi) is 6.29. The normalized spacial score (nSPS) is 12.1. The zero-order valence-corrected chi connectivity index (χ0v) is 20.4. The van der Waals surface area contributed by atoms with Crippen molar-refractivity contribution in [2.45, 2.75) is 33.4 Å². The highest BCUT2D eigenvalue weighted by molar-refractivity contribution is 6.05. The molecule has 3 aromatic carbocycles. The summed E-state index contributed by atoms with van der Waals surface area (Å²) in [5.74, 6) is -0.0608. The molecule has 0 amide bonds. The second-order valence-electron chi connectivity index (χ2n) is 8.68. The number of ether oxygens (including phenoxy) is 1. The Morgan fingerprint density at radius 2 is 1.75 bits per heavy atom. The Morgan fingerprint density at radius 3 is 2.53 bits per heavy atom. The molecule has 5 aromatic rings. The third kappa shape index (κ3) is 4.35. The lowest BCUT2D eigenvalue weighted by Gasteiger charge is -2.20. The number of aromatic nitrogens is 2. The highest BCUT2D eigenvalue weighted by Crippen LogP contribution is 2.31. The number of para-hydroxylation sites is 1. The largest absolute Gasteiger partial charge is 0.465 e. The van der Waals surface area contributed by atoms with Crippen LogP contribution < -0.4 is 10.9 Å². The maximum atomic E-state index is 13.7. The molecule has 1 atom stereocenters. The number of aryl methyl sites for hydroxylation is 1. The number of nitrogens with one attached hydrogen (secondary N) is 1. The molecule has 7 nitrogen and oxygen atoms in total. The highest BCUT2D eigenvalue weighted by atomic mass is 16.5. The zero-order chi connectivity index (χ0) is 25.2. The van der Waals surface area contributed by atoms with E-state index >= 15 is 0 Å². The molecule has 0 aliphatic rings. The van der Waals surface area contributed by atoms with Crippen LogP contribution in [0.5, 0.6) is 0 Å². The molecule has 5 rings (SSSR count). The molecule has 36 heavy (non-hydrogen) atoms. The standard InChI is InChI=1S/C29H27N3O4/c1-4-35-26(33)17-32-28(20-10-6-5-7-11-20)31-19(3)27(29(32)34)30-18(2)21-14-15-25-23(16-21)22-12-8-9-13-24(22)36-25/h5-16,18,30H,4,17H2,1-3H3/t18-/m1/s1. The van der Waals surface area contributed by atoms with Gasteiger partial charge >= 0.3 is 5.97 Å². The minimum atomic E-state index is -0.487. The van der Waals surface area contributed by atoms with E-state index in [0.29, 0.717) is 17.2 Å². The van der Waals surface area contributed by atoms with Crippen molar-refractivity contribution in [1.82, 2.24) is 9.55 Å². The number of fused-ring (bicyclic) bond motifs is 3. The van der Waals surface area contributed by atoms with Crippen LogP contribution in [0, 0.1) is 6.92 Å². The molecular weight excluding hydrogens is 454 g/mol. The fraction of sp³-hybridized carbons (Fsp3) is 0.207. The van der Waals surface area contributed by atoms with Crippen LogP contribution >= 0.6 is 0 Å².